The molecule has 2 saturated heterocycles. The minimum Gasteiger partial charge on any atom is -0.478 e. The summed E-state index contributed by atoms with van der Waals surface area (Å²) < 4.78 is 43.9. The van der Waals surface area contributed by atoms with Crippen LogP contribution in [0.4, 0.5) is 5.13 Å². The number of carbonyl (C=O) groups is 2. The molecule has 1 aromatic carbocycles. The van der Waals surface area contributed by atoms with E-state index in [9.17, 15) is 28.2 Å². The first kappa shape index (κ1) is 28.5. The second-order valence-electron chi connectivity index (χ2n) is 8.68. The third kappa shape index (κ3) is 5.89. The third-order valence-corrected chi connectivity index (χ3v) is 9.17. The van der Waals surface area contributed by atoms with Gasteiger partial charge in [0.25, 0.3) is 11.5 Å². The molecular formula is C23H29N3O10S2. The highest BCUT2D eigenvalue weighted by molar-refractivity contribution is 7.89. The highest BCUT2D eigenvalue weighted by Gasteiger charge is 2.52. The average Bonchev–Trinajstić information content (AvgIpc) is 3.40. The van der Waals surface area contributed by atoms with Crippen LogP contribution < -0.4 is 5.32 Å². The number of amides is 1. The highest BCUT2D eigenvalue weighted by Crippen LogP contribution is 2.34. The molecule has 208 valence electrons. The van der Waals surface area contributed by atoms with Gasteiger partial charge in [0.2, 0.25) is 10.0 Å². The molecule has 0 saturated carbocycles. The Morgan fingerprint density at radius 1 is 1.16 bits per heavy atom. The number of benzene rings is 1. The number of aliphatic hydroxyl groups is 2. The molecule has 1 amide bonds. The van der Waals surface area contributed by atoms with Crippen LogP contribution in [-0.2, 0) is 39.4 Å². The SMILES string of the molecule is O=C(O)C(OC1CCOCC1)(C(=O)Nc1ncc(C(O)CO)s1)c1ccc(S(=O)(=O)N2CCOCC2)cc1. The lowest BCUT2D eigenvalue weighted by molar-refractivity contribution is -0.186. The standard InChI is InChI=1S/C23H29N3O10S2/c27-14-18(28)19-13-24-22(37-19)25-20(29)23(21(30)31,36-16-5-9-34-10-6-16)15-1-3-17(4-2-15)38(32,33)26-7-11-35-12-8-26/h1-4,13,16,18,27-28H,5-12,14H2,(H,30,31)(H,24,25,29). The van der Waals surface area contributed by atoms with Gasteiger partial charge >= 0.3 is 5.97 Å². The summed E-state index contributed by atoms with van der Waals surface area (Å²) in [4.78, 5) is 30.6. The van der Waals surface area contributed by atoms with E-state index in [1.807, 2.05) is 0 Å². The van der Waals surface area contributed by atoms with Gasteiger partial charge in [-0.05, 0) is 25.0 Å². The second-order valence-corrected chi connectivity index (χ2v) is 11.7. The Labute approximate surface area is 223 Å². The summed E-state index contributed by atoms with van der Waals surface area (Å²) in [6.07, 6.45) is 0.146. The van der Waals surface area contributed by atoms with Crippen LogP contribution in [0.5, 0.6) is 0 Å². The predicted molar refractivity (Wildman–Crippen MR) is 133 cm³/mol. The van der Waals surface area contributed by atoms with Gasteiger partial charge in [-0.3, -0.25) is 10.1 Å². The van der Waals surface area contributed by atoms with Gasteiger partial charge in [-0.25, -0.2) is 18.2 Å². The van der Waals surface area contributed by atoms with Crippen LogP contribution in [-0.4, -0.2) is 97.1 Å². The van der Waals surface area contributed by atoms with E-state index in [1.165, 1.54) is 34.8 Å². The fourth-order valence-corrected chi connectivity index (χ4v) is 6.33. The smallest absolute Gasteiger partial charge is 0.350 e. The molecule has 0 bridgehead atoms. The van der Waals surface area contributed by atoms with Crippen molar-refractivity contribution in [3.05, 3.63) is 40.9 Å². The first-order valence-corrected chi connectivity index (χ1v) is 14.2. The fourth-order valence-electron chi connectivity index (χ4n) is 4.14. The van der Waals surface area contributed by atoms with Crippen molar-refractivity contribution >= 4 is 38.4 Å². The largest absolute Gasteiger partial charge is 0.478 e. The number of aromatic nitrogens is 1. The minimum atomic E-state index is -3.85. The maximum atomic E-state index is 13.6. The van der Waals surface area contributed by atoms with Gasteiger partial charge in [0.15, 0.2) is 5.13 Å². The number of nitrogens with zero attached hydrogens (tertiary/aromatic N) is 2. The van der Waals surface area contributed by atoms with Crippen molar-refractivity contribution in [1.82, 2.24) is 9.29 Å². The molecular weight excluding hydrogens is 542 g/mol. The zero-order chi connectivity index (χ0) is 27.3. The lowest BCUT2D eigenvalue weighted by Gasteiger charge is -2.34. The molecule has 2 atom stereocenters. The van der Waals surface area contributed by atoms with Crippen molar-refractivity contribution in [2.75, 3.05) is 51.4 Å². The summed E-state index contributed by atoms with van der Waals surface area (Å²) in [5, 5.41) is 31.8. The molecule has 1 aromatic heterocycles. The molecule has 15 heteroatoms. The van der Waals surface area contributed by atoms with Gasteiger partial charge < -0.3 is 29.5 Å². The number of aliphatic carboxylic acids is 1. The lowest BCUT2D eigenvalue weighted by Crippen LogP contribution is -2.52. The number of carbonyl (C=O) groups excluding carboxylic acids is 1. The second kappa shape index (κ2) is 12.1. The molecule has 2 unspecified atom stereocenters. The normalized spacial score (nSPS) is 19.9. The number of anilines is 1. The number of hydrogen-bond acceptors (Lipinski definition) is 11. The van der Waals surface area contributed by atoms with E-state index < -0.39 is 46.3 Å². The summed E-state index contributed by atoms with van der Waals surface area (Å²) in [5.74, 6) is -2.66. The van der Waals surface area contributed by atoms with Crippen LogP contribution >= 0.6 is 11.3 Å². The third-order valence-electron chi connectivity index (χ3n) is 6.25. The predicted octanol–water partition coefficient (Wildman–Crippen LogP) is 0.304. The number of nitrogens with one attached hydrogen (secondary N) is 1. The molecule has 0 spiro atoms. The fraction of sp³-hybridized carbons (Fsp3) is 0.522. The van der Waals surface area contributed by atoms with Crippen LogP contribution in [0.1, 0.15) is 29.4 Å². The zero-order valence-corrected chi connectivity index (χ0v) is 21.9. The highest BCUT2D eigenvalue weighted by atomic mass is 32.2. The van der Waals surface area contributed by atoms with Crippen LogP contribution in [0, 0.1) is 0 Å². The summed E-state index contributed by atoms with van der Waals surface area (Å²) in [5.41, 5.74) is -2.62. The molecule has 4 rings (SSSR count). The van der Waals surface area contributed by atoms with Crippen molar-refractivity contribution in [3.63, 3.8) is 0 Å². The van der Waals surface area contributed by atoms with E-state index in [0.717, 1.165) is 11.3 Å². The average molecular weight is 572 g/mol. The van der Waals surface area contributed by atoms with Crippen LogP contribution in [0.2, 0.25) is 0 Å². The van der Waals surface area contributed by atoms with Crippen molar-refractivity contribution in [3.8, 4) is 0 Å². The minimum absolute atomic E-state index is 0.00906. The number of carboxylic acids is 1. The van der Waals surface area contributed by atoms with Crippen LogP contribution in [0.15, 0.2) is 35.4 Å². The van der Waals surface area contributed by atoms with Gasteiger partial charge in [0, 0.05) is 38.1 Å². The van der Waals surface area contributed by atoms with Crippen molar-refractivity contribution in [1.29, 1.82) is 0 Å². The first-order valence-electron chi connectivity index (χ1n) is 11.9. The molecule has 0 radical (unpaired) electrons. The van der Waals surface area contributed by atoms with E-state index in [2.05, 4.69) is 10.3 Å². The summed E-state index contributed by atoms with van der Waals surface area (Å²) in [7, 11) is -3.85. The number of thiazole rings is 1. The zero-order valence-electron chi connectivity index (χ0n) is 20.3. The van der Waals surface area contributed by atoms with Gasteiger partial charge in [0.05, 0.1) is 35.7 Å². The molecule has 2 aromatic rings. The molecule has 3 heterocycles. The van der Waals surface area contributed by atoms with Crippen molar-refractivity contribution < 1.29 is 47.5 Å². The Morgan fingerprint density at radius 3 is 2.39 bits per heavy atom. The number of aliphatic hydroxyl groups excluding tert-OH is 2. The van der Waals surface area contributed by atoms with Crippen molar-refractivity contribution in [2.24, 2.45) is 0 Å². The number of carboxylic acid groups (broad SMARTS) is 1. The molecule has 4 N–H and O–H groups in total. The Balaban J connectivity index is 1.68. The maximum absolute atomic E-state index is 13.6. The van der Waals surface area contributed by atoms with E-state index in [1.54, 1.807) is 0 Å². The maximum Gasteiger partial charge on any atom is 0.350 e. The number of rotatable bonds is 10. The Kier molecular flexibility index (Phi) is 9.10. The molecule has 0 aliphatic carbocycles. The lowest BCUT2D eigenvalue weighted by atomic mass is 9.91. The van der Waals surface area contributed by atoms with Gasteiger partial charge in [-0.2, -0.15) is 4.31 Å². The number of hydrogen-bond donors (Lipinski definition) is 4. The summed E-state index contributed by atoms with van der Waals surface area (Å²) in [6, 6.07) is 5.00. The summed E-state index contributed by atoms with van der Waals surface area (Å²) in [6.45, 7) is 1.03. The van der Waals surface area contributed by atoms with Gasteiger partial charge in [-0.1, -0.05) is 23.5 Å². The van der Waals surface area contributed by atoms with Gasteiger partial charge in [-0.15, -0.1) is 0 Å². The van der Waals surface area contributed by atoms with Crippen LogP contribution in [0.25, 0.3) is 0 Å². The van der Waals surface area contributed by atoms with Crippen LogP contribution in [0.3, 0.4) is 0 Å². The molecule has 2 aliphatic rings. The van der Waals surface area contributed by atoms with Gasteiger partial charge in [0.1, 0.15) is 6.10 Å². The number of sulfonamides is 1. The first-order chi connectivity index (χ1) is 18.2. The molecule has 2 fully saturated rings. The summed E-state index contributed by atoms with van der Waals surface area (Å²) >= 11 is 0.868. The van der Waals surface area contributed by atoms with E-state index >= 15 is 0 Å². The Bertz CT molecular complexity index is 1220. The molecule has 2 aliphatic heterocycles. The van der Waals surface area contributed by atoms with E-state index in [-0.39, 0.29) is 46.8 Å². The Hall–Kier alpha value is -2.50. The number of ether oxygens (including phenoxy) is 3. The quantitative estimate of drug-likeness (QED) is 0.288. The van der Waals surface area contributed by atoms with E-state index in [0.29, 0.717) is 26.1 Å². The molecule has 13 nitrogen and oxygen atoms in total. The topological polar surface area (TPSA) is 185 Å². The molecule has 38 heavy (non-hydrogen) atoms. The van der Waals surface area contributed by atoms with Crippen molar-refractivity contribution in [2.45, 2.75) is 35.5 Å². The Morgan fingerprint density at radius 2 is 1.79 bits per heavy atom. The van der Waals surface area contributed by atoms with E-state index in [4.69, 9.17) is 19.3 Å². The number of morpholine rings is 1. The monoisotopic (exact) mass is 571 g/mol.